The lowest BCUT2D eigenvalue weighted by molar-refractivity contribution is 0.518. The first-order chi connectivity index (χ1) is 7.58. The van der Waals surface area contributed by atoms with E-state index in [1.165, 1.54) is 0 Å². The summed E-state index contributed by atoms with van der Waals surface area (Å²) in [6.45, 7) is 2.36. The third-order valence-electron chi connectivity index (χ3n) is 2.27. The average molecular weight is 302 g/mol. The molecule has 0 bridgehead atoms. The zero-order valence-electron chi connectivity index (χ0n) is 9.00. The van der Waals surface area contributed by atoms with Crippen molar-refractivity contribution in [1.82, 2.24) is 5.32 Å². The van der Waals surface area contributed by atoms with Gasteiger partial charge in [-0.1, -0.05) is 33.5 Å². The van der Waals surface area contributed by atoms with Crippen LogP contribution < -0.4 is 11.1 Å². The highest BCUT2D eigenvalue weighted by molar-refractivity contribution is 9.10. The van der Waals surface area contributed by atoms with E-state index in [2.05, 4.69) is 27.2 Å². The molecule has 0 aliphatic heterocycles. The van der Waals surface area contributed by atoms with Crippen molar-refractivity contribution in [2.45, 2.75) is 19.0 Å². The summed E-state index contributed by atoms with van der Waals surface area (Å²) in [6.07, 6.45) is 5.33. The first-order valence-electron chi connectivity index (χ1n) is 4.95. The van der Waals surface area contributed by atoms with Gasteiger partial charge >= 0.3 is 0 Å². The minimum absolute atomic E-state index is 0.0314. The van der Waals surface area contributed by atoms with E-state index in [4.69, 9.17) is 23.8 Å². The zero-order valence-corrected chi connectivity index (χ0v) is 11.3. The van der Waals surface area contributed by atoms with Gasteiger partial charge in [-0.05, 0) is 30.7 Å². The Balaban J connectivity index is 2.95. The summed E-state index contributed by atoms with van der Waals surface area (Å²) in [7, 11) is 0. The van der Waals surface area contributed by atoms with Gasteiger partial charge in [-0.2, -0.15) is 0 Å². The predicted octanol–water partition coefficient (Wildman–Crippen LogP) is 2.71. The zero-order chi connectivity index (χ0) is 12.1. The Kier molecular flexibility index (Phi) is 5.30. The van der Waals surface area contributed by atoms with Crippen molar-refractivity contribution in [1.29, 1.82) is 0 Å². The molecule has 2 nitrogen and oxygen atoms in total. The number of terminal acetylenes is 1. The number of benzene rings is 1. The summed E-state index contributed by atoms with van der Waals surface area (Å²) >= 11 is 9.54. The maximum atomic E-state index is 6.13. The van der Waals surface area contributed by atoms with E-state index >= 15 is 0 Å². The molecular formula is C12H14BrClN2. The largest absolute Gasteiger partial charge is 0.329 e. The molecule has 2 atom stereocenters. The maximum Gasteiger partial charge on any atom is 0.0663 e. The van der Waals surface area contributed by atoms with Crippen molar-refractivity contribution < 1.29 is 0 Å². The Morgan fingerprint density at radius 2 is 2.31 bits per heavy atom. The van der Waals surface area contributed by atoms with Crippen LogP contribution in [-0.4, -0.2) is 12.6 Å². The van der Waals surface area contributed by atoms with Gasteiger partial charge in [0.1, 0.15) is 0 Å². The summed E-state index contributed by atoms with van der Waals surface area (Å²) in [5.41, 5.74) is 6.68. The Hall–Kier alpha value is -0.530. The van der Waals surface area contributed by atoms with Crippen LogP contribution in [0.1, 0.15) is 18.5 Å². The Morgan fingerprint density at radius 1 is 1.62 bits per heavy atom. The summed E-state index contributed by atoms with van der Waals surface area (Å²) in [6, 6.07) is 5.62. The van der Waals surface area contributed by atoms with Gasteiger partial charge < -0.3 is 5.73 Å². The van der Waals surface area contributed by atoms with Crippen LogP contribution in [0, 0.1) is 12.3 Å². The summed E-state index contributed by atoms with van der Waals surface area (Å²) in [4.78, 5) is 0. The number of nitrogens with two attached hydrogens (primary N) is 1. The van der Waals surface area contributed by atoms with Crippen LogP contribution in [0.3, 0.4) is 0 Å². The maximum absolute atomic E-state index is 6.13. The smallest absolute Gasteiger partial charge is 0.0663 e. The molecule has 16 heavy (non-hydrogen) atoms. The highest BCUT2D eigenvalue weighted by Crippen LogP contribution is 2.26. The van der Waals surface area contributed by atoms with Crippen LogP contribution in [0.2, 0.25) is 5.02 Å². The monoisotopic (exact) mass is 300 g/mol. The number of halogens is 2. The van der Waals surface area contributed by atoms with Gasteiger partial charge in [0.05, 0.1) is 6.04 Å². The summed E-state index contributed by atoms with van der Waals surface area (Å²) in [5.74, 6) is 2.61. The number of rotatable bonds is 4. The van der Waals surface area contributed by atoms with Crippen molar-refractivity contribution in [2.24, 2.45) is 5.73 Å². The molecule has 0 amide bonds. The normalized spacial score (nSPS) is 14.2. The molecule has 1 aromatic carbocycles. The Bertz CT molecular complexity index is 400. The molecule has 1 rings (SSSR count). The Morgan fingerprint density at radius 3 is 2.88 bits per heavy atom. The SMILES string of the molecule is C#CC(C)NC(CN)c1cc(Br)ccc1Cl. The fourth-order valence-electron chi connectivity index (χ4n) is 1.42. The third-order valence-corrected chi connectivity index (χ3v) is 3.11. The summed E-state index contributed by atoms with van der Waals surface area (Å²) < 4.78 is 0.973. The topological polar surface area (TPSA) is 38.0 Å². The van der Waals surface area contributed by atoms with Gasteiger partial charge in [0.25, 0.3) is 0 Å². The first kappa shape index (κ1) is 13.5. The number of nitrogens with one attached hydrogen (secondary N) is 1. The molecule has 0 aromatic heterocycles. The molecule has 0 radical (unpaired) electrons. The van der Waals surface area contributed by atoms with E-state index in [0.29, 0.717) is 11.6 Å². The molecule has 0 spiro atoms. The van der Waals surface area contributed by atoms with E-state index in [1.54, 1.807) is 0 Å². The Labute approximate surface area is 110 Å². The predicted molar refractivity (Wildman–Crippen MR) is 72.4 cm³/mol. The lowest BCUT2D eigenvalue weighted by Crippen LogP contribution is -2.34. The fourth-order valence-corrected chi connectivity index (χ4v) is 2.04. The first-order valence-corrected chi connectivity index (χ1v) is 6.12. The quantitative estimate of drug-likeness (QED) is 0.839. The highest BCUT2D eigenvalue weighted by atomic mass is 79.9. The fraction of sp³-hybridized carbons (Fsp3) is 0.333. The second-order valence-electron chi connectivity index (χ2n) is 3.51. The molecule has 0 saturated carbocycles. The van der Waals surface area contributed by atoms with Gasteiger partial charge in [-0.3, -0.25) is 5.32 Å². The van der Waals surface area contributed by atoms with Gasteiger partial charge in [-0.15, -0.1) is 6.42 Å². The van der Waals surface area contributed by atoms with E-state index in [1.807, 2.05) is 25.1 Å². The van der Waals surface area contributed by atoms with Gasteiger partial charge in [0.2, 0.25) is 0 Å². The molecule has 2 unspecified atom stereocenters. The van der Waals surface area contributed by atoms with Gasteiger partial charge in [0.15, 0.2) is 0 Å². The molecule has 0 fully saturated rings. The van der Waals surface area contributed by atoms with E-state index in [-0.39, 0.29) is 12.1 Å². The molecule has 0 heterocycles. The molecule has 86 valence electrons. The second-order valence-corrected chi connectivity index (χ2v) is 4.83. The van der Waals surface area contributed by atoms with Crippen LogP contribution in [0.5, 0.6) is 0 Å². The van der Waals surface area contributed by atoms with Crippen molar-refractivity contribution in [3.05, 3.63) is 33.3 Å². The average Bonchev–Trinajstić information content (AvgIpc) is 2.29. The molecule has 4 heteroatoms. The number of hydrogen-bond donors (Lipinski definition) is 2. The van der Waals surface area contributed by atoms with Crippen LogP contribution in [0.25, 0.3) is 0 Å². The van der Waals surface area contributed by atoms with Crippen LogP contribution >= 0.6 is 27.5 Å². The van der Waals surface area contributed by atoms with Gasteiger partial charge in [0, 0.05) is 22.1 Å². The third kappa shape index (κ3) is 3.50. The lowest BCUT2D eigenvalue weighted by Gasteiger charge is -2.20. The lowest BCUT2D eigenvalue weighted by atomic mass is 10.1. The van der Waals surface area contributed by atoms with E-state index in [0.717, 1.165) is 10.0 Å². The van der Waals surface area contributed by atoms with Gasteiger partial charge in [-0.25, -0.2) is 0 Å². The van der Waals surface area contributed by atoms with Crippen molar-refractivity contribution in [3.8, 4) is 12.3 Å². The van der Waals surface area contributed by atoms with Crippen LogP contribution in [-0.2, 0) is 0 Å². The molecular weight excluding hydrogens is 288 g/mol. The minimum atomic E-state index is -0.0383. The molecule has 1 aromatic rings. The minimum Gasteiger partial charge on any atom is -0.329 e. The molecule has 0 aliphatic rings. The molecule has 3 N–H and O–H groups in total. The van der Waals surface area contributed by atoms with Crippen LogP contribution in [0.15, 0.2) is 22.7 Å². The second kappa shape index (κ2) is 6.27. The molecule has 0 aliphatic carbocycles. The standard InChI is InChI=1S/C12H14BrClN2/c1-3-8(2)16-12(7-15)10-6-9(13)4-5-11(10)14/h1,4-6,8,12,16H,7,15H2,2H3. The van der Waals surface area contributed by atoms with E-state index < -0.39 is 0 Å². The highest BCUT2D eigenvalue weighted by Gasteiger charge is 2.14. The summed E-state index contributed by atoms with van der Waals surface area (Å²) in [5, 5.41) is 3.92. The molecule has 0 saturated heterocycles. The van der Waals surface area contributed by atoms with Crippen molar-refractivity contribution >= 4 is 27.5 Å². The van der Waals surface area contributed by atoms with E-state index in [9.17, 15) is 0 Å². The number of hydrogen-bond acceptors (Lipinski definition) is 2. The van der Waals surface area contributed by atoms with Crippen molar-refractivity contribution in [2.75, 3.05) is 6.54 Å². The van der Waals surface area contributed by atoms with Crippen molar-refractivity contribution in [3.63, 3.8) is 0 Å². The van der Waals surface area contributed by atoms with Crippen LogP contribution in [0.4, 0.5) is 0 Å².